The molecule has 0 bridgehead atoms. The van der Waals surface area contributed by atoms with Crippen molar-refractivity contribution in [1.29, 1.82) is 0 Å². The Balaban J connectivity index is 2.29. The number of aryl methyl sites for hydroxylation is 2. The molecule has 0 aliphatic heterocycles. The average molecular weight is 243 g/mol. The van der Waals surface area contributed by atoms with E-state index in [9.17, 15) is 4.79 Å². The Morgan fingerprint density at radius 1 is 1.44 bits per heavy atom. The molecule has 3 aromatic rings. The standard InChI is InChI=1S/C13H13N3O2/c1-8-3-4-11-10(5-8)14-13-15(2)9(6-12(17)18)7-16(11)13/h3-5,7H,6H2,1-2H3,(H,17,18). The molecule has 0 atom stereocenters. The van der Waals surface area contributed by atoms with E-state index in [0.717, 1.165) is 28.1 Å². The molecule has 92 valence electrons. The Morgan fingerprint density at radius 2 is 2.22 bits per heavy atom. The van der Waals surface area contributed by atoms with Gasteiger partial charge in [0.05, 0.1) is 17.5 Å². The summed E-state index contributed by atoms with van der Waals surface area (Å²) in [6.45, 7) is 2.03. The molecule has 5 heteroatoms. The van der Waals surface area contributed by atoms with Crippen LogP contribution in [0.5, 0.6) is 0 Å². The van der Waals surface area contributed by atoms with Crippen LogP contribution in [0.4, 0.5) is 0 Å². The number of carboxylic acids is 1. The fraction of sp³-hybridized carbons (Fsp3) is 0.231. The minimum absolute atomic E-state index is 0.00716. The lowest BCUT2D eigenvalue weighted by molar-refractivity contribution is -0.136. The zero-order valence-electron chi connectivity index (χ0n) is 10.2. The molecule has 0 saturated carbocycles. The molecule has 2 heterocycles. The zero-order chi connectivity index (χ0) is 12.9. The molecule has 2 aromatic heterocycles. The lowest BCUT2D eigenvalue weighted by atomic mass is 10.2. The highest BCUT2D eigenvalue weighted by atomic mass is 16.4. The third-order valence-corrected chi connectivity index (χ3v) is 3.17. The Labute approximate surface area is 103 Å². The summed E-state index contributed by atoms with van der Waals surface area (Å²) in [5.41, 5.74) is 3.84. The van der Waals surface area contributed by atoms with E-state index in [2.05, 4.69) is 4.98 Å². The van der Waals surface area contributed by atoms with Gasteiger partial charge in [-0.15, -0.1) is 0 Å². The topological polar surface area (TPSA) is 59.5 Å². The van der Waals surface area contributed by atoms with Gasteiger partial charge in [-0.2, -0.15) is 0 Å². The Kier molecular flexibility index (Phi) is 2.16. The SMILES string of the molecule is Cc1ccc2c(c1)nc1n(C)c(CC(=O)O)cn21. The van der Waals surface area contributed by atoms with Crippen molar-refractivity contribution in [2.45, 2.75) is 13.3 Å². The van der Waals surface area contributed by atoms with Crippen LogP contribution >= 0.6 is 0 Å². The summed E-state index contributed by atoms with van der Waals surface area (Å²) in [6, 6.07) is 6.06. The number of carbonyl (C=O) groups is 1. The second kappa shape index (κ2) is 3.60. The minimum Gasteiger partial charge on any atom is -0.481 e. The third kappa shape index (κ3) is 1.48. The van der Waals surface area contributed by atoms with Crippen LogP contribution in [-0.2, 0) is 18.3 Å². The van der Waals surface area contributed by atoms with Crippen LogP contribution in [0.25, 0.3) is 16.8 Å². The molecule has 0 aliphatic carbocycles. The van der Waals surface area contributed by atoms with E-state index in [4.69, 9.17) is 5.11 Å². The summed E-state index contributed by atoms with van der Waals surface area (Å²) in [7, 11) is 1.84. The van der Waals surface area contributed by atoms with Gasteiger partial charge < -0.3 is 9.67 Å². The summed E-state index contributed by atoms with van der Waals surface area (Å²) in [5, 5.41) is 8.86. The molecule has 1 aromatic carbocycles. The molecule has 5 nitrogen and oxygen atoms in total. The quantitative estimate of drug-likeness (QED) is 0.746. The maximum atomic E-state index is 10.8. The number of benzene rings is 1. The average Bonchev–Trinajstić information content (AvgIpc) is 2.77. The predicted octanol–water partition coefficient (Wildman–Crippen LogP) is 1.76. The first-order chi connectivity index (χ1) is 8.56. The van der Waals surface area contributed by atoms with Crippen LogP contribution in [0.3, 0.4) is 0 Å². The Morgan fingerprint density at radius 3 is 2.94 bits per heavy atom. The van der Waals surface area contributed by atoms with Crippen LogP contribution in [0.1, 0.15) is 11.3 Å². The Hall–Kier alpha value is -2.30. The monoisotopic (exact) mass is 243 g/mol. The lowest BCUT2D eigenvalue weighted by Gasteiger charge is -1.97. The fourth-order valence-corrected chi connectivity index (χ4v) is 2.24. The van der Waals surface area contributed by atoms with E-state index in [0.29, 0.717) is 0 Å². The van der Waals surface area contributed by atoms with E-state index < -0.39 is 5.97 Å². The molecular weight excluding hydrogens is 230 g/mol. The van der Waals surface area contributed by atoms with Crippen LogP contribution < -0.4 is 0 Å². The van der Waals surface area contributed by atoms with Gasteiger partial charge in [0.25, 0.3) is 0 Å². The van der Waals surface area contributed by atoms with Crippen molar-refractivity contribution in [3.8, 4) is 0 Å². The van der Waals surface area contributed by atoms with E-state index in [1.807, 2.05) is 47.3 Å². The number of hydrogen-bond donors (Lipinski definition) is 1. The number of aromatic nitrogens is 3. The maximum Gasteiger partial charge on any atom is 0.309 e. The first kappa shape index (κ1) is 10.8. The molecule has 0 unspecified atom stereocenters. The number of fused-ring (bicyclic) bond motifs is 3. The highest BCUT2D eigenvalue weighted by Crippen LogP contribution is 2.20. The third-order valence-electron chi connectivity index (χ3n) is 3.17. The van der Waals surface area contributed by atoms with Gasteiger partial charge in [-0.1, -0.05) is 6.07 Å². The molecule has 0 spiro atoms. The van der Waals surface area contributed by atoms with Gasteiger partial charge in [-0.3, -0.25) is 9.20 Å². The second-order valence-corrected chi connectivity index (χ2v) is 4.52. The Bertz CT molecular complexity index is 767. The first-order valence-electron chi connectivity index (χ1n) is 5.71. The molecule has 0 aliphatic rings. The number of aliphatic carboxylic acids is 1. The van der Waals surface area contributed by atoms with Crippen molar-refractivity contribution in [2.24, 2.45) is 7.05 Å². The maximum absolute atomic E-state index is 10.8. The fourth-order valence-electron chi connectivity index (χ4n) is 2.24. The van der Waals surface area contributed by atoms with Crippen molar-refractivity contribution in [3.63, 3.8) is 0 Å². The molecule has 1 N–H and O–H groups in total. The predicted molar refractivity (Wildman–Crippen MR) is 67.7 cm³/mol. The summed E-state index contributed by atoms with van der Waals surface area (Å²) >= 11 is 0. The highest BCUT2D eigenvalue weighted by molar-refractivity contribution is 5.81. The summed E-state index contributed by atoms with van der Waals surface area (Å²) in [5.74, 6) is -0.0640. The molecular formula is C13H13N3O2. The van der Waals surface area contributed by atoms with Crippen molar-refractivity contribution in [1.82, 2.24) is 14.0 Å². The molecule has 0 amide bonds. The molecule has 18 heavy (non-hydrogen) atoms. The highest BCUT2D eigenvalue weighted by Gasteiger charge is 2.13. The second-order valence-electron chi connectivity index (χ2n) is 4.52. The molecule has 3 rings (SSSR count). The summed E-state index contributed by atoms with van der Waals surface area (Å²) < 4.78 is 3.76. The van der Waals surface area contributed by atoms with Crippen LogP contribution in [0, 0.1) is 6.92 Å². The first-order valence-corrected chi connectivity index (χ1v) is 5.71. The van der Waals surface area contributed by atoms with Gasteiger partial charge in [0, 0.05) is 18.9 Å². The molecule has 0 fully saturated rings. The van der Waals surface area contributed by atoms with Gasteiger partial charge in [-0.25, -0.2) is 4.98 Å². The number of carboxylic acid groups (broad SMARTS) is 1. The molecule has 0 saturated heterocycles. The summed E-state index contributed by atoms with van der Waals surface area (Å²) in [6.07, 6.45) is 1.85. The zero-order valence-corrected chi connectivity index (χ0v) is 10.2. The van der Waals surface area contributed by atoms with Crippen molar-refractivity contribution >= 4 is 22.8 Å². The summed E-state index contributed by atoms with van der Waals surface area (Å²) in [4.78, 5) is 15.3. The van der Waals surface area contributed by atoms with E-state index in [1.54, 1.807) is 0 Å². The van der Waals surface area contributed by atoms with Gasteiger partial charge in [0.15, 0.2) is 0 Å². The van der Waals surface area contributed by atoms with Crippen LogP contribution in [0.2, 0.25) is 0 Å². The van der Waals surface area contributed by atoms with Gasteiger partial charge in [0.1, 0.15) is 0 Å². The number of rotatable bonds is 2. The number of hydrogen-bond acceptors (Lipinski definition) is 2. The molecule has 0 radical (unpaired) electrons. The van der Waals surface area contributed by atoms with E-state index >= 15 is 0 Å². The number of nitrogens with zero attached hydrogens (tertiary/aromatic N) is 3. The smallest absolute Gasteiger partial charge is 0.309 e. The largest absolute Gasteiger partial charge is 0.481 e. The van der Waals surface area contributed by atoms with Crippen LogP contribution in [-0.4, -0.2) is 25.0 Å². The van der Waals surface area contributed by atoms with E-state index in [1.165, 1.54) is 0 Å². The van der Waals surface area contributed by atoms with Crippen molar-refractivity contribution in [3.05, 3.63) is 35.7 Å². The van der Waals surface area contributed by atoms with Gasteiger partial charge in [-0.05, 0) is 24.6 Å². The van der Waals surface area contributed by atoms with Crippen LogP contribution in [0.15, 0.2) is 24.4 Å². The number of imidazole rings is 2. The van der Waals surface area contributed by atoms with Gasteiger partial charge in [0.2, 0.25) is 5.78 Å². The van der Waals surface area contributed by atoms with Gasteiger partial charge >= 0.3 is 5.97 Å². The van der Waals surface area contributed by atoms with Crippen molar-refractivity contribution in [2.75, 3.05) is 0 Å². The lowest BCUT2D eigenvalue weighted by Crippen LogP contribution is -2.05. The van der Waals surface area contributed by atoms with E-state index in [-0.39, 0.29) is 6.42 Å². The van der Waals surface area contributed by atoms with Crippen molar-refractivity contribution < 1.29 is 9.90 Å². The minimum atomic E-state index is -0.834. The normalized spacial score (nSPS) is 11.4.